The van der Waals surface area contributed by atoms with Gasteiger partial charge in [-0.05, 0) is 37.0 Å². The van der Waals surface area contributed by atoms with Gasteiger partial charge in [0.15, 0.2) is 11.6 Å². The first-order valence-electron chi connectivity index (χ1n) is 11.9. The molecule has 1 fully saturated rings. The Morgan fingerprint density at radius 3 is 2.46 bits per heavy atom. The van der Waals surface area contributed by atoms with Crippen molar-refractivity contribution in [1.29, 1.82) is 0 Å². The number of aromatic amines is 1. The first-order chi connectivity index (χ1) is 17.3. The molecular formula is C25H32F3N3O6. The van der Waals surface area contributed by atoms with E-state index >= 15 is 0 Å². The Labute approximate surface area is 212 Å². The number of rotatable bonds is 11. The highest BCUT2D eigenvalue weighted by Gasteiger charge is 2.29. The third-order valence-electron chi connectivity index (χ3n) is 5.98. The van der Waals surface area contributed by atoms with Crippen molar-refractivity contribution in [2.75, 3.05) is 26.7 Å². The molecule has 0 saturated carbocycles. The van der Waals surface area contributed by atoms with Crippen LogP contribution in [0.25, 0.3) is 10.9 Å². The van der Waals surface area contributed by atoms with Crippen LogP contribution in [0.3, 0.4) is 0 Å². The van der Waals surface area contributed by atoms with Gasteiger partial charge in [0.25, 0.3) is 0 Å². The molecule has 1 aliphatic rings. The molecule has 1 aromatic carbocycles. The molecule has 0 bridgehead atoms. The van der Waals surface area contributed by atoms with Crippen molar-refractivity contribution in [3.05, 3.63) is 30.0 Å². The number of aliphatic carboxylic acids is 1. The number of ether oxygens (including phenoxy) is 1. The maximum absolute atomic E-state index is 12.9. The molecule has 2 aromatic rings. The number of quaternary nitrogens is 1. The van der Waals surface area contributed by atoms with Crippen LogP contribution in [0.15, 0.2) is 24.3 Å². The van der Waals surface area contributed by atoms with Gasteiger partial charge in [0.1, 0.15) is 18.3 Å². The lowest BCUT2D eigenvalue weighted by atomic mass is 9.88. The summed E-state index contributed by atoms with van der Waals surface area (Å²) in [4.78, 5) is 49.4. The van der Waals surface area contributed by atoms with Gasteiger partial charge >= 0.3 is 6.18 Å². The molecule has 9 nitrogen and oxygen atoms in total. The summed E-state index contributed by atoms with van der Waals surface area (Å²) < 4.78 is 36.9. The smallest absolute Gasteiger partial charge is 0.430 e. The number of carbonyl (C=O) groups excluding carboxylic acids is 4. The highest BCUT2D eigenvalue weighted by molar-refractivity contribution is 6.02. The lowest BCUT2D eigenvalue weighted by molar-refractivity contribution is -0.647. The Morgan fingerprint density at radius 1 is 1.24 bits per heavy atom. The lowest BCUT2D eigenvalue weighted by Crippen LogP contribution is -2.87. The average Bonchev–Trinajstić information content (AvgIpc) is 3.44. The van der Waals surface area contributed by atoms with Gasteiger partial charge in [0, 0.05) is 29.8 Å². The molecule has 204 valence electrons. The molecule has 37 heavy (non-hydrogen) atoms. The molecule has 0 radical (unpaired) electrons. The number of Topliss-reactive ketones (excluding diaryl/α,β-unsaturated/α-hetero) is 2. The fourth-order valence-electron chi connectivity index (χ4n) is 4.15. The number of fused-ring (bicyclic) bond motifs is 1. The van der Waals surface area contributed by atoms with Crippen LogP contribution >= 0.6 is 0 Å². The van der Waals surface area contributed by atoms with Crippen LogP contribution in [-0.2, 0) is 14.4 Å². The van der Waals surface area contributed by atoms with Crippen LogP contribution < -0.4 is 20.5 Å². The second kappa shape index (κ2) is 13.2. The van der Waals surface area contributed by atoms with E-state index in [4.69, 9.17) is 14.6 Å². The number of hydrogen-bond acceptors (Lipinski definition) is 6. The summed E-state index contributed by atoms with van der Waals surface area (Å²) in [6.07, 6.45) is -3.52. The van der Waals surface area contributed by atoms with E-state index in [1.807, 2.05) is 23.5 Å². The number of carboxylic acids is 1. The van der Waals surface area contributed by atoms with Gasteiger partial charge in [-0.15, -0.1) is 0 Å². The molecule has 1 saturated heterocycles. The molecule has 0 aliphatic carbocycles. The number of alkyl halides is 3. The number of ketones is 2. The normalized spacial score (nSPS) is 16.2. The third-order valence-corrected chi connectivity index (χ3v) is 5.98. The summed E-state index contributed by atoms with van der Waals surface area (Å²) in [6, 6.07) is 7.44. The number of hydrogen-bond donors (Lipinski definition) is 3. The molecule has 0 unspecified atom stereocenters. The molecule has 3 rings (SSSR count). The topological polar surface area (TPSA) is 145 Å². The summed E-state index contributed by atoms with van der Waals surface area (Å²) in [6.45, 7) is 5.75. The molecule has 4 N–H and O–H groups in total. The second-order valence-electron chi connectivity index (χ2n) is 9.31. The summed E-state index contributed by atoms with van der Waals surface area (Å²) in [5.74, 6) is -2.25. The van der Waals surface area contributed by atoms with Crippen molar-refractivity contribution >= 4 is 34.3 Å². The SMILES string of the molecule is COc1cccc2[nH]c(C(=O)C[C@@H](CC(C)C)C(=O)C[NH2+]C[C@@H]3CCNC3=O)cc12.O=C([O-])C(F)(F)F. The van der Waals surface area contributed by atoms with Crippen LogP contribution in [0.1, 0.15) is 43.6 Å². The van der Waals surface area contributed by atoms with Crippen LogP contribution in [-0.4, -0.2) is 61.3 Å². The number of aromatic nitrogens is 1. The predicted octanol–water partition coefficient (Wildman–Crippen LogP) is 0.979. The molecule has 2 heterocycles. The van der Waals surface area contributed by atoms with Gasteiger partial charge in [0.2, 0.25) is 5.91 Å². The Bertz CT molecular complexity index is 1110. The molecule has 2 atom stereocenters. The van der Waals surface area contributed by atoms with Crippen molar-refractivity contribution < 1.29 is 47.5 Å². The molecule has 0 spiro atoms. The standard InChI is InChI=1S/C23H31N3O4.C2HF3O2/c1-14(2)9-16(21(28)13-24-12-15-7-8-25-23(15)29)10-20(27)19-11-17-18(26-19)5-4-6-22(17)30-3;3-2(4,5)1(6)7/h4-6,11,14-16,24,26H,7-10,12-13H2,1-3H3,(H,25,29);(H,6,7)/t15-,16+;/m0./s1. The van der Waals surface area contributed by atoms with Gasteiger partial charge in [0.05, 0.1) is 25.3 Å². The Kier molecular flexibility index (Phi) is 10.7. The van der Waals surface area contributed by atoms with Crippen molar-refractivity contribution in [3.63, 3.8) is 0 Å². The molecule has 1 aliphatic heterocycles. The van der Waals surface area contributed by atoms with E-state index in [1.165, 1.54) is 0 Å². The molecular weight excluding hydrogens is 495 g/mol. The third kappa shape index (κ3) is 8.88. The molecule has 1 amide bonds. The van der Waals surface area contributed by atoms with Gasteiger partial charge in [-0.3, -0.25) is 14.4 Å². The van der Waals surface area contributed by atoms with Gasteiger partial charge in [-0.25, -0.2) is 0 Å². The number of amides is 1. The zero-order valence-corrected chi connectivity index (χ0v) is 20.9. The van der Waals surface area contributed by atoms with E-state index in [0.717, 1.165) is 17.3 Å². The van der Waals surface area contributed by atoms with Crippen molar-refractivity contribution in [2.45, 2.75) is 39.3 Å². The number of halogens is 3. The summed E-state index contributed by atoms with van der Waals surface area (Å²) >= 11 is 0. The minimum absolute atomic E-state index is 0.0238. The number of nitrogens with one attached hydrogen (secondary N) is 2. The van der Waals surface area contributed by atoms with E-state index < -0.39 is 12.1 Å². The summed E-state index contributed by atoms with van der Waals surface area (Å²) in [5.41, 5.74) is 1.34. The minimum Gasteiger partial charge on any atom is -0.542 e. The number of carboxylic acid groups (broad SMARTS) is 1. The average molecular weight is 528 g/mol. The monoisotopic (exact) mass is 527 g/mol. The van der Waals surface area contributed by atoms with Crippen LogP contribution in [0, 0.1) is 17.8 Å². The van der Waals surface area contributed by atoms with E-state index in [9.17, 15) is 27.6 Å². The number of benzene rings is 1. The van der Waals surface area contributed by atoms with Crippen LogP contribution in [0.2, 0.25) is 0 Å². The van der Waals surface area contributed by atoms with Gasteiger partial charge in [-0.2, -0.15) is 13.2 Å². The summed E-state index contributed by atoms with van der Waals surface area (Å²) in [7, 11) is 1.60. The largest absolute Gasteiger partial charge is 0.542 e. The number of methoxy groups -OCH3 is 1. The fraction of sp³-hybridized carbons (Fsp3) is 0.520. The number of carbonyl (C=O) groups is 4. The number of H-pyrrole nitrogens is 1. The lowest BCUT2D eigenvalue weighted by Gasteiger charge is -2.16. The second-order valence-corrected chi connectivity index (χ2v) is 9.31. The first kappa shape index (κ1) is 29.8. The van der Waals surface area contributed by atoms with E-state index in [0.29, 0.717) is 43.4 Å². The van der Waals surface area contributed by atoms with E-state index in [2.05, 4.69) is 24.1 Å². The quantitative estimate of drug-likeness (QED) is 0.372. The van der Waals surface area contributed by atoms with E-state index in [1.54, 1.807) is 13.2 Å². The van der Waals surface area contributed by atoms with E-state index in [-0.39, 0.29) is 35.7 Å². The van der Waals surface area contributed by atoms with Crippen molar-refractivity contribution in [1.82, 2.24) is 10.3 Å². The van der Waals surface area contributed by atoms with Crippen molar-refractivity contribution in [3.8, 4) is 5.75 Å². The zero-order chi connectivity index (χ0) is 27.8. The maximum Gasteiger partial charge on any atom is 0.430 e. The minimum atomic E-state index is -5.19. The van der Waals surface area contributed by atoms with Crippen LogP contribution in [0.4, 0.5) is 13.2 Å². The molecule has 1 aromatic heterocycles. The Balaban J connectivity index is 0.000000604. The first-order valence-corrected chi connectivity index (χ1v) is 11.9. The Hall–Kier alpha value is -3.41. The Morgan fingerprint density at radius 2 is 1.92 bits per heavy atom. The zero-order valence-electron chi connectivity index (χ0n) is 20.9. The van der Waals surface area contributed by atoms with Gasteiger partial charge < -0.3 is 30.3 Å². The maximum atomic E-state index is 12.9. The predicted molar refractivity (Wildman–Crippen MR) is 126 cm³/mol. The van der Waals surface area contributed by atoms with Crippen molar-refractivity contribution in [2.24, 2.45) is 17.8 Å². The highest BCUT2D eigenvalue weighted by Crippen LogP contribution is 2.27. The molecule has 12 heteroatoms. The summed E-state index contributed by atoms with van der Waals surface area (Å²) in [5, 5.41) is 14.4. The van der Waals surface area contributed by atoms with Crippen LogP contribution in [0.5, 0.6) is 5.75 Å². The number of nitrogens with two attached hydrogens (primary N) is 1. The highest BCUT2D eigenvalue weighted by atomic mass is 19.4. The fourth-order valence-corrected chi connectivity index (χ4v) is 4.15. The van der Waals surface area contributed by atoms with Gasteiger partial charge in [-0.1, -0.05) is 19.9 Å².